The van der Waals surface area contributed by atoms with Gasteiger partial charge >= 0.3 is 0 Å². The highest BCUT2D eigenvalue weighted by Crippen LogP contribution is 2.20. The molecule has 0 aliphatic carbocycles. The van der Waals surface area contributed by atoms with Gasteiger partial charge in [-0.1, -0.05) is 0 Å². The van der Waals surface area contributed by atoms with E-state index in [1.807, 2.05) is 26.8 Å². The molecule has 0 saturated carbocycles. The first-order valence-corrected chi connectivity index (χ1v) is 8.44. The lowest BCUT2D eigenvalue weighted by atomic mass is 9.95. The van der Waals surface area contributed by atoms with Crippen molar-refractivity contribution in [3.05, 3.63) is 28.7 Å². The van der Waals surface area contributed by atoms with E-state index in [1.165, 1.54) is 0 Å². The van der Waals surface area contributed by atoms with Gasteiger partial charge in [0.05, 0.1) is 11.3 Å². The lowest BCUT2D eigenvalue weighted by molar-refractivity contribution is 0.0276. The smallest absolute Gasteiger partial charge is 0.257 e. The average molecular weight is 331 g/mol. The summed E-state index contributed by atoms with van der Waals surface area (Å²) in [6, 6.07) is 1.93. The number of nitrogens with zero attached hydrogens (tertiary/aromatic N) is 3. The van der Waals surface area contributed by atoms with E-state index in [-0.39, 0.29) is 12.5 Å². The molecule has 7 heteroatoms. The van der Waals surface area contributed by atoms with Crippen molar-refractivity contribution in [3.8, 4) is 0 Å². The van der Waals surface area contributed by atoms with Gasteiger partial charge in [0.15, 0.2) is 5.65 Å². The highest BCUT2D eigenvalue weighted by molar-refractivity contribution is 6.01. The summed E-state index contributed by atoms with van der Waals surface area (Å²) in [7, 11) is 0. The van der Waals surface area contributed by atoms with Crippen molar-refractivity contribution in [2.75, 3.05) is 19.6 Å². The van der Waals surface area contributed by atoms with E-state index in [1.54, 1.807) is 4.52 Å². The lowest BCUT2D eigenvalue weighted by Gasteiger charge is -2.26. The Hall–Kier alpha value is -1.99. The van der Waals surface area contributed by atoms with Crippen LogP contribution in [-0.2, 0) is 0 Å². The van der Waals surface area contributed by atoms with Crippen molar-refractivity contribution < 1.29 is 9.90 Å². The fourth-order valence-electron chi connectivity index (χ4n) is 3.32. The number of rotatable bonds is 3. The van der Waals surface area contributed by atoms with Gasteiger partial charge in [-0.05, 0) is 59.2 Å². The average Bonchev–Trinajstić information content (AvgIpc) is 2.70. The lowest BCUT2D eigenvalue weighted by Crippen LogP contribution is -2.43. The Balaban J connectivity index is 1.82. The molecule has 2 aromatic rings. The molecule has 0 spiro atoms. The molecule has 1 saturated heterocycles. The van der Waals surface area contributed by atoms with E-state index in [4.69, 9.17) is 0 Å². The number of carbonyl (C=O) groups is 1. The number of hydrogen-bond donors (Lipinski definition) is 3. The molecule has 0 aromatic carbocycles. The molecular weight excluding hydrogens is 306 g/mol. The van der Waals surface area contributed by atoms with Gasteiger partial charge in [0, 0.05) is 17.9 Å². The van der Waals surface area contributed by atoms with Gasteiger partial charge in [0.25, 0.3) is 5.91 Å². The highest BCUT2D eigenvalue weighted by atomic mass is 16.3. The summed E-state index contributed by atoms with van der Waals surface area (Å²) in [4.78, 5) is 17.2. The maximum atomic E-state index is 12.7. The Morgan fingerprint density at radius 2 is 2.17 bits per heavy atom. The van der Waals surface area contributed by atoms with Crippen molar-refractivity contribution in [2.45, 2.75) is 45.6 Å². The van der Waals surface area contributed by atoms with Crippen molar-refractivity contribution in [3.63, 3.8) is 0 Å². The number of carbonyl (C=O) groups excluding carboxylic acids is 1. The summed E-state index contributed by atoms with van der Waals surface area (Å²) in [6.45, 7) is 7.57. The van der Waals surface area contributed by atoms with E-state index in [0.717, 1.165) is 30.9 Å². The van der Waals surface area contributed by atoms with E-state index in [2.05, 4.69) is 20.7 Å². The molecule has 1 unspecified atom stereocenters. The molecule has 1 aliphatic rings. The van der Waals surface area contributed by atoms with Crippen molar-refractivity contribution in [1.29, 1.82) is 0 Å². The zero-order valence-corrected chi connectivity index (χ0v) is 14.5. The van der Waals surface area contributed by atoms with Gasteiger partial charge in [0.1, 0.15) is 5.56 Å². The summed E-state index contributed by atoms with van der Waals surface area (Å²) in [5, 5.41) is 21.3. The van der Waals surface area contributed by atoms with Gasteiger partial charge in [0.2, 0.25) is 0 Å². The highest BCUT2D eigenvalue weighted by Gasteiger charge is 2.29. The third-order valence-electron chi connectivity index (χ3n) is 4.64. The van der Waals surface area contributed by atoms with Crippen LogP contribution in [-0.4, -0.2) is 50.8 Å². The molecule has 7 nitrogen and oxygen atoms in total. The Kier molecular flexibility index (Phi) is 4.56. The maximum absolute atomic E-state index is 12.7. The molecule has 130 valence electrons. The molecule has 1 fully saturated rings. The van der Waals surface area contributed by atoms with Gasteiger partial charge < -0.3 is 15.7 Å². The summed E-state index contributed by atoms with van der Waals surface area (Å²) >= 11 is 0. The zero-order valence-electron chi connectivity index (χ0n) is 14.5. The molecule has 0 radical (unpaired) electrons. The van der Waals surface area contributed by atoms with Crippen LogP contribution in [0.3, 0.4) is 0 Å². The van der Waals surface area contributed by atoms with Crippen LogP contribution in [0.15, 0.2) is 6.07 Å². The predicted molar refractivity (Wildman–Crippen MR) is 91.2 cm³/mol. The van der Waals surface area contributed by atoms with Gasteiger partial charge in [-0.25, -0.2) is 9.50 Å². The van der Waals surface area contributed by atoms with Crippen LogP contribution in [0.1, 0.15) is 46.7 Å². The van der Waals surface area contributed by atoms with Crippen molar-refractivity contribution >= 4 is 11.6 Å². The fraction of sp³-hybridized carbons (Fsp3) is 0.588. The van der Waals surface area contributed by atoms with E-state index < -0.39 is 5.60 Å². The molecule has 3 heterocycles. The SMILES string of the molecule is Cc1cc(C)n2nc(C)c(C(=O)NCC3(O)CCCNCC3)c2n1. The number of hydrogen-bond acceptors (Lipinski definition) is 5. The van der Waals surface area contributed by atoms with Crippen LogP contribution in [0.2, 0.25) is 0 Å². The fourth-order valence-corrected chi connectivity index (χ4v) is 3.32. The normalized spacial score (nSPS) is 21.7. The van der Waals surface area contributed by atoms with E-state index >= 15 is 0 Å². The molecule has 0 bridgehead atoms. The number of aryl methyl sites for hydroxylation is 3. The Morgan fingerprint density at radius 1 is 1.38 bits per heavy atom. The number of aromatic nitrogens is 3. The van der Waals surface area contributed by atoms with Gasteiger partial charge in [-0.15, -0.1) is 0 Å². The third-order valence-corrected chi connectivity index (χ3v) is 4.64. The van der Waals surface area contributed by atoms with Crippen molar-refractivity contribution in [1.82, 2.24) is 25.2 Å². The minimum atomic E-state index is -0.852. The standard InChI is InChI=1S/C17H25N5O2/c1-11-9-12(2)22-15(20-11)14(13(3)21-22)16(23)19-10-17(24)5-4-7-18-8-6-17/h9,18,24H,4-8,10H2,1-3H3,(H,19,23). The number of amides is 1. The number of nitrogens with one attached hydrogen (secondary N) is 2. The Labute approximate surface area is 141 Å². The monoisotopic (exact) mass is 331 g/mol. The molecule has 3 rings (SSSR count). The van der Waals surface area contributed by atoms with Crippen LogP contribution >= 0.6 is 0 Å². The quantitative estimate of drug-likeness (QED) is 0.777. The van der Waals surface area contributed by atoms with Crippen LogP contribution in [0.5, 0.6) is 0 Å². The molecule has 1 atom stereocenters. The van der Waals surface area contributed by atoms with Crippen molar-refractivity contribution in [2.24, 2.45) is 0 Å². The van der Waals surface area contributed by atoms with Crippen LogP contribution in [0.4, 0.5) is 0 Å². The van der Waals surface area contributed by atoms with Crippen LogP contribution < -0.4 is 10.6 Å². The second-order valence-electron chi connectivity index (χ2n) is 6.75. The first-order valence-electron chi connectivity index (χ1n) is 8.44. The van der Waals surface area contributed by atoms with E-state index in [0.29, 0.717) is 29.7 Å². The molecule has 3 N–H and O–H groups in total. The first-order chi connectivity index (χ1) is 11.4. The molecule has 1 amide bonds. The van der Waals surface area contributed by atoms with E-state index in [9.17, 15) is 9.90 Å². The second-order valence-corrected chi connectivity index (χ2v) is 6.75. The Morgan fingerprint density at radius 3 is 2.96 bits per heavy atom. The largest absolute Gasteiger partial charge is 0.388 e. The summed E-state index contributed by atoms with van der Waals surface area (Å²) in [5.74, 6) is -0.231. The molecule has 1 aliphatic heterocycles. The van der Waals surface area contributed by atoms with Crippen LogP contribution in [0.25, 0.3) is 5.65 Å². The summed E-state index contributed by atoms with van der Waals surface area (Å²) < 4.78 is 1.70. The molecule has 24 heavy (non-hydrogen) atoms. The van der Waals surface area contributed by atoms with Gasteiger partial charge in [-0.2, -0.15) is 5.10 Å². The number of aliphatic hydroxyl groups is 1. The van der Waals surface area contributed by atoms with Gasteiger partial charge in [-0.3, -0.25) is 4.79 Å². The topological polar surface area (TPSA) is 91.6 Å². The number of fused-ring (bicyclic) bond motifs is 1. The minimum Gasteiger partial charge on any atom is -0.388 e. The Bertz CT molecular complexity index is 760. The molecular formula is C17H25N5O2. The summed E-state index contributed by atoms with van der Waals surface area (Å²) in [6.07, 6.45) is 2.23. The zero-order chi connectivity index (χ0) is 17.3. The maximum Gasteiger partial charge on any atom is 0.257 e. The summed E-state index contributed by atoms with van der Waals surface area (Å²) in [5.41, 5.74) is 2.63. The predicted octanol–water partition coefficient (Wildman–Crippen LogP) is 0.889. The third kappa shape index (κ3) is 3.27. The molecule has 2 aromatic heterocycles. The van der Waals surface area contributed by atoms with Crippen LogP contribution in [0, 0.1) is 20.8 Å². The second kappa shape index (κ2) is 6.49. The minimum absolute atomic E-state index is 0.231. The first kappa shape index (κ1) is 16.9.